The number of aryl methyl sites for hydroxylation is 1. The zero-order chi connectivity index (χ0) is 12.6. The van der Waals surface area contributed by atoms with Gasteiger partial charge < -0.3 is 5.11 Å². The summed E-state index contributed by atoms with van der Waals surface area (Å²) in [5, 5.41) is 13.7. The van der Waals surface area contributed by atoms with Crippen LogP contribution in [0.25, 0.3) is 0 Å². The SMILES string of the molecule is Cn1ncc(Cl)c1C(O)C1CCCCS1(=O)=O. The molecule has 1 fully saturated rings. The van der Waals surface area contributed by atoms with E-state index >= 15 is 0 Å². The third-order valence-electron chi connectivity index (χ3n) is 3.20. The molecule has 0 amide bonds. The van der Waals surface area contributed by atoms with Gasteiger partial charge in [0.15, 0.2) is 9.84 Å². The predicted molar refractivity (Wildman–Crippen MR) is 64.6 cm³/mol. The van der Waals surface area contributed by atoms with Crippen LogP contribution in [0.2, 0.25) is 5.02 Å². The third-order valence-corrected chi connectivity index (χ3v) is 5.76. The van der Waals surface area contributed by atoms with Crippen molar-refractivity contribution in [3.05, 3.63) is 16.9 Å². The van der Waals surface area contributed by atoms with Crippen molar-refractivity contribution in [3.63, 3.8) is 0 Å². The number of hydrogen-bond donors (Lipinski definition) is 1. The minimum atomic E-state index is -3.23. The molecule has 17 heavy (non-hydrogen) atoms. The van der Waals surface area contributed by atoms with Crippen LogP contribution >= 0.6 is 11.6 Å². The van der Waals surface area contributed by atoms with Crippen LogP contribution < -0.4 is 0 Å². The van der Waals surface area contributed by atoms with E-state index in [1.807, 2.05) is 0 Å². The molecule has 1 saturated heterocycles. The number of rotatable bonds is 2. The molecule has 0 radical (unpaired) electrons. The van der Waals surface area contributed by atoms with E-state index in [0.29, 0.717) is 23.6 Å². The van der Waals surface area contributed by atoms with Gasteiger partial charge in [-0.05, 0) is 12.8 Å². The van der Waals surface area contributed by atoms with Crippen molar-refractivity contribution in [3.8, 4) is 0 Å². The summed E-state index contributed by atoms with van der Waals surface area (Å²) < 4.78 is 25.2. The molecule has 1 aliphatic heterocycles. The Kier molecular flexibility index (Phi) is 3.47. The van der Waals surface area contributed by atoms with Crippen LogP contribution in [0.3, 0.4) is 0 Å². The summed E-state index contributed by atoms with van der Waals surface area (Å²) in [6, 6.07) is 0. The zero-order valence-electron chi connectivity index (χ0n) is 9.50. The molecule has 0 spiro atoms. The van der Waals surface area contributed by atoms with Gasteiger partial charge >= 0.3 is 0 Å². The van der Waals surface area contributed by atoms with Crippen molar-refractivity contribution >= 4 is 21.4 Å². The quantitative estimate of drug-likeness (QED) is 0.878. The van der Waals surface area contributed by atoms with E-state index in [-0.39, 0.29) is 5.75 Å². The van der Waals surface area contributed by atoms with Crippen LogP contribution in [-0.4, -0.2) is 34.3 Å². The Morgan fingerprint density at radius 3 is 2.82 bits per heavy atom. The molecule has 0 bridgehead atoms. The maximum absolute atomic E-state index is 11.9. The summed E-state index contributed by atoms with van der Waals surface area (Å²) in [5.74, 6) is 0.143. The number of sulfone groups is 1. The molecule has 7 heteroatoms. The van der Waals surface area contributed by atoms with Crippen LogP contribution in [0.1, 0.15) is 31.1 Å². The first-order valence-corrected chi connectivity index (χ1v) is 7.60. The van der Waals surface area contributed by atoms with Crippen molar-refractivity contribution in [2.75, 3.05) is 5.75 Å². The molecule has 96 valence electrons. The summed E-state index contributed by atoms with van der Waals surface area (Å²) >= 11 is 5.91. The summed E-state index contributed by atoms with van der Waals surface area (Å²) in [6.07, 6.45) is 2.28. The third kappa shape index (κ3) is 2.34. The highest BCUT2D eigenvalue weighted by molar-refractivity contribution is 7.92. The fourth-order valence-electron chi connectivity index (χ4n) is 2.26. The second-order valence-electron chi connectivity index (χ2n) is 4.35. The Labute approximate surface area is 105 Å². The first-order chi connectivity index (χ1) is 7.93. The fourth-order valence-corrected chi connectivity index (χ4v) is 4.50. The maximum Gasteiger partial charge on any atom is 0.156 e. The first kappa shape index (κ1) is 12.9. The molecule has 2 atom stereocenters. The number of aromatic nitrogens is 2. The molecule has 1 aliphatic rings. The summed E-state index contributed by atoms with van der Waals surface area (Å²) in [5.41, 5.74) is 0.377. The van der Waals surface area contributed by atoms with Gasteiger partial charge in [-0.3, -0.25) is 4.68 Å². The van der Waals surface area contributed by atoms with Crippen molar-refractivity contribution in [2.45, 2.75) is 30.6 Å². The monoisotopic (exact) mass is 278 g/mol. The van der Waals surface area contributed by atoms with E-state index in [1.54, 1.807) is 7.05 Å². The number of nitrogens with zero attached hydrogens (tertiary/aromatic N) is 2. The summed E-state index contributed by atoms with van der Waals surface area (Å²) in [6.45, 7) is 0. The van der Waals surface area contributed by atoms with Crippen LogP contribution in [0.15, 0.2) is 6.20 Å². The minimum absolute atomic E-state index is 0.143. The molecule has 2 rings (SSSR count). The van der Waals surface area contributed by atoms with E-state index in [0.717, 1.165) is 6.42 Å². The van der Waals surface area contributed by atoms with E-state index < -0.39 is 21.2 Å². The highest BCUT2D eigenvalue weighted by Crippen LogP contribution is 2.33. The highest BCUT2D eigenvalue weighted by atomic mass is 35.5. The minimum Gasteiger partial charge on any atom is -0.385 e. The molecule has 0 aliphatic carbocycles. The smallest absolute Gasteiger partial charge is 0.156 e. The molecule has 0 saturated carbocycles. The van der Waals surface area contributed by atoms with Crippen LogP contribution in [-0.2, 0) is 16.9 Å². The average Bonchev–Trinajstić information content (AvgIpc) is 2.57. The molecule has 0 aromatic carbocycles. The molecule has 2 heterocycles. The lowest BCUT2D eigenvalue weighted by atomic mass is 10.1. The zero-order valence-corrected chi connectivity index (χ0v) is 11.1. The Balaban J connectivity index is 2.34. The topological polar surface area (TPSA) is 72.2 Å². The van der Waals surface area contributed by atoms with Crippen molar-refractivity contribution in [1.29, 1.82) is 0 Å². The molecule has 5 nitrogen and oxygen atoms in total. The molecular weight excluding hydrogens is 264 g/mol. The van der Waals surface area contributed by atoms with E-state index in [2.05, 4.69) is 5.10 Å². The van der Waals surface area contributed by atoms with Gasteiger partial charge in [-0.15, -0.1) is 0 Å². The van der Waals surface area contributed by atoms with Crippen molar-refractivity contribution in [2.24, 2.45) is 7.05 Å². The standard InChI is InChI=1S/C10H15ClN2O3S/c1-13-9(7(11)6-12-13)10(14)8-4-2-3-5-17(8,15)16/h6,8,10,14H,2-5H2,1H3. The number of aliphatic hydroxyl groups is 1. The lowest BCUT2D eigenvalue weighted by molar-refractivity contribution is 0.155. The maximum atomic E-state index is 11.9. The van der Waals surface area contributed by atoms with Crippen molar-refractivity contribution in [1.82, 2.24) is 9.78 Å². The van der Waals surface area contributed by atoms with E-state index in [1.165, 1.54) is 10.9 Å². The van der Waals surface area contributed by atoms with Crippen molar-refractivity contribution < 1.29 is 13.5 Å². The van der Waals surface area contributed by atoms with Gasteiger partial charge in [0.25, 0.3) is 0 Å². The van der Waals surface area contributed by atoms with Gasteiger partial charge in [0.1, 0.15) is 6.10 Å². The Hall–Kier alpha value is -0.590. The molecule has 1 N–H and O–H groups in total. The molecule has 1 aromatic rings. The van der Waals surface area contributed by atoms with E-state index in [4.69, 9.17) is 11.6 Å². The van der Waals surface area contributed by atoms with Gasteiger partial charge in [-0.25, -0.2) is 8.42 Å². The number of halogens is 1. The highest BCUT2D eigenvalue weighted by Gasteiger charge is 2.37. The number of hydrogen-bond acceptors (Lipinski definition) is 4. The van der Waals surface area contributed by atoms with Gasteiger partial charge in [-0.1, -0.05) is 18.0 Å². The van der Waals surface area contributed by atoms with E-state index in [9.17, 15) is 13.5 Å². The lowest BCUT2D eigenvalue weighted by Gasteiger charge is -2.26. The number of aliphatic hydroxyl groups excluding tert-OH is 1. The second kappa shape index (κ2) is 4.59. The fraction of sp³-hybridized carbons (Fsp3) is 0.700. The van der Waals surface area contributed by atoms with Gasteiger partial charge in [0.05, 0.1) is 27.9 Å². The Bertz CT molecular complexity index is 492. The van der Waals surface area contributed by atoms with Gasteiger partial charge in [0.2, 0.25) is 0 Å². The van der Waals surface area contributed by atoms with Gasteiger partial charge in [0, 0.05) is 7.05 Å². The molecular formula is C10H15ClN2O3S. The molecule has 2 unspecified atom stereocenters. The van der Waals surface area contributed by atoms with Crippen LogP contribution in [0.5, 0.6) is 0 Å². The normalized spacial score (nSPS) is 25.7. The Morgan fingerprint density at radius 2 is 2.29 bits per heavy atom. The average molecular weight is 279 g/mol. The largest absolute Gasteiger partial charge is 0.385 e. The summed E-state index contributed by atoms with van der Waals surface area (Å²) in [7, 11) is -1.59. The predicted octanol–water partition coefficient (Wildman–Crippen LogP) is 1.07. The van der Waals surface area contributed by atoms with Crippen LogP contribution in [0.4, 0.5) is 0 Å². The molecule has 1 aromatic heterocycles. The van der Waals surface area contributed by atoms with Gasteiger partial charge in [-0.2, -0.15) is 5.10 Å². The Morgan fingerprint density at radius 1 is 1.59 bits per heavy atom. The van der Waals surface area contributed by atoms with Crippen LogP contribution in [0, 0.1) is 0 Å². The lowest BCUT2D eigenvalue weighted by Crippen LogP contribution is -2.34. The second-order valence-corrected chi connectivity index (χ2v) is 7.09. The summed E-state index contributed by atoms with van der Waals surface area (Å²) in [4.78, 5) is 0. The first-order valence-electron chi connectivity index (χ1n) is 5.50.